The van der Waals surface area contributed by atoms with Gasteiger partial charge >= 0.3 is 6.03 Å². The molecule has 0 spiro atoms. The van der Waals surface area contributed by atoms with Gasteiger partial charge in [-0.05, 0) is 49.7 Å². The van der Waals surface area contributed by atoms with Crippen molar-refractivity contribution in [2.45, 2.75) is 13.8 Å². The highest BCUT2D eigenvalue weighted by molar-refractivity contribution is 5.95. The Morgan fingerprint density at radius 1 is 1.07 bits per heavy atom. The van der Waals surface area contributed by atoms with Crippen molar-refractivity contribution in [2.75, 3.05) is 18.4 Å². The first kappa shape index (κ1) is 19.2. The summed E-state index contributed by atoms with van der Waals surface area (Å²) in [5.74, 6) is -1.77. The number of hydrogen-bond donors (Lipinski definition) is 3. The molecule has 0 aliphatic heterocycles. The van der Waals surface area contributed by atoms with E-state index in [4.69, 9.17) is 0 Å². The molecule has 0 radical (unpaired) electrons. The summed E-state index contributed by atoms with van der Waals surface area (Å²) in [5.41, 5.74) is 0.487. The van der Waals surface area contributed by atoms with Gasteiger partial charge in [-0.2, -0.15) is 4.98 Å². The van der Waals surface area contributed by atoms with Crippen molar-refractivity contribution in [3.63, 3.8) is 0 Å². The standard InChI is InChI=1S/C18H18F2N6O2/c1-3-21-16(27)14-7-10(12-9-11(19)5-6-13(12)20)8-15-23-17(25-26(14)15)24-18(28)22-4-2/h5-9H,3-4H2,1-2H3,(H,21,27)(H2,22,24,25,28). The monoisotopic (exact) mass is 388 g/mol. The van der Waals surface area contributed by atoms with Crippen molar-refractivity contribution in [2.24, 2.45) is 0 Å². The third-order valence-electron chi connectivity index (χ3n) is 3.81. The molecule has 2 aromatic heterocycles. The van der Waals surface area contributed by atoms with Crippen molar-refractivity contribution in [3.8, 4) is 11.1 Å². The maximum absolute atomic E-state index is 14.2. The highest BCUT2D eigenvalue weighted by Gasteiger charge is 2.18. The van der Waals surface area contributed by atoms with Crippen molar-refractivity contribution >= 4 is 23.5 Å². The molecule has 1 aromatic carbocycles. The van der Waals surface area contributed by atoms with Crippen LogP contribution >= 0.6 is 0 Å². The summed E-state index contributed by atoms with van der Waals surface area (Å²) in [7, 11) is 0. The van der Waals surface area contributed by atoms with Gasteiger partial charge in [0.05, 0.1) is 0 Å². The number of nitrogens with zero attached hydrogens (tertiary/aromatic N) is 3. The van der Waals surface area contributed by atoms with Crippen LogP contribution in [0.4, 0.5) is 19.5 Å². The van der Waals surface area contributed by atoms with E-state index in [0.717, 1.165) is 18.2 Å². The Morgan fingerprint density at radius 3 is 2.54 bits per heavy atom. The zero-order chi connectivity index (χ0) is 20.3. The Kier molecular flexibility index (Phi) is 5.48. The minimum absolute atomic E-state index is 0.0192. The summed E-state index contributed by atoms with van der Waals surface area (Å²) >= 11 is 0. The molecular formula is C18H18F2N6O2. The topological polar surface area (TPSA) is 100 Å². The average molecular weight is 388 g/mol. The normalized spacial score (nSPS) is 10.7. The molecule has 0 fully saturated rings. The van der Waals surface area contributed by atoms with Crippen LogP contribution in [0.15, 0.2) is 30.3 Å². The molecule has 0 saturated heterocycles. The third-order valence-corrected chi connectivity index (χ3v) is 3.81. The molecule has 0 atom stereocenters. The molecule has 10 heteroatoms. The number of benzene rings is 1. The number of amides is 3. The van der Waals surface area contributed by atoms with E-state index in [-0.39, 0.29) is 28.4 Å². The molecule has 146 valence electrons. The van der Waals surface area contributed by atoms with Crippen LogP contribution in [0, 0.1) is 11.6 Å². The number of urea groups is 1. The molecule has 0 aliphatic rings. The lowest BCUT2D eigenvalue weighted by Crippen LogP contribution is -2.28. The maximum Gasteiger partial charge on any atom is 0.321 e. The molecule has 8 nitrogen and oxygen atoms in total. The highest BCUT2D eigenvalue weighted by atomic mass is 19.1. The van der Waals surface area contributed by atoms with Gasteiger partial charge in [0.15, 0.2) is 5.65 Å². The van der Waals surface area contributed by atoms with Crippen molar-refractivity contribution in [3.05, 3.63) is 47.7 Å². The van der Waals surface area contributed by atoms with Crippen molar-refractivity contribution < 1.29 is 18.4 Å². The first-order valence-electron chi connectivity index (χ1n) is 8.62. The summed E-state index contributed by atoms with van der Waals surface area (Å²) in [6.07, 6.45) is 0. The summed E-state index contributed by atoms with van der Waals surface area (Å²) in [6, 6.07) is 5.39. The van der Waals surface area contributed by atoms with Crippen LogP contribution in [0.5, 0.6) is 0 Å². The van der Waals surface area contributed by atoms with Gasteiger partial charge in [-0.15, -0.1) is 5.10 Å². The number of hydrogen-bond acceptors (Lipinski definition) is 4. The van der Waals surface area contributed by atoms with E-state index in [0.29, 0.717) is 13.1 Å². The number of carbonyl (C=O) groups is 2. The van der Waals surface area contributed by atoms with Crippen LogP contribution in [0.25, 0.3) is 16.8 Å². The lowest BCUT2D eigenvalue weighted by Gasteiger charge is -2.09. The van der Waals surface area contributed by atoms with Gasteiger partial charge in [-0.3, -0.25) is 10.1 Å². The van der Waals surface area contributed by atoms with Crippen molar-refractivity contribution in [1.82, 2.24) is 25.2 Å². The van der Waals surface area contributed by atoms with Gasteiger partial charge in [0.1, 0.15) is 17.3 Å². The van der Waals surface area contributed by atoms with Gasteiger partial charge < -0.3 is 10.6 Å². The number of anilines is 1. The maximum atomic E-state index is 14.2. The lowest BCUT2D eigenvalue weighted by atomic mass is 10.0. The zero-order valence-corrected chi connectivity index (χ0v) is 15.2. The average Bonchev–Trinajstić information content (AvgIpc) is 3.05. The molecule has 28 heavy (non-hydrogen) atoms. The predicted molar refractivity (Wildman–Crippen MR) is 99.0 cm³/mol. The first-order valence-corrected chi connectivity index (χ1v) is 8.62. The fourth-order valence-electron chi connectivity index (χ4n) is 2.63. The molecule has 3 N–H and O–H groups in total. The Bertz CT molecular complexity index is 1050. The van der Waals surface area contributed by atoms with E-state index in [2.05, 4.69) is 26.0 Å². The molecule has 0 saturated carbocycles. The number of aromatic nitrogens is 3. The first-order chi connectivity index (χ1) is 13.4. The summed E-state index contributed by atoms with van der Waals surface area (Å²) in [4.78, 5) is 28.3. The predicted octanol–water partition coefficient (Wildman–Crippen LogP) is 2.57. The van der Waals surface area contributed by atoms with Crippen LogP contribution in [-0.2, 0) is 0 Å². The van der Waals surface area contributed by atoms with E-state index >= 15 is 0 Å². The third kappa shape index (κ3) is 3.90. The number of halogens is 2. The Balaban J connectivity index is 2.14. The van der Waals surface area contributed by atoms with Gasteiger partial charge in [-0.1, -0.05) is 0 Å². The molecule has 0 unspecified atom stereocenters. The Hall–Kier alpha value is -3.56. The van der Waals surface area contributed by atoms with Crippen LogP contribution in [0.1, 0.15) is 24.3 Å². The van der Waals surface area contributed by atoms with Gasteiger partial charge in [0.25, 0.3) is 11.9 Å². The number of fused-ring (bicyclic) bond motifs is 1. The molecule has 2 heterocycles. The van der Waals surface area contributed by atoms with Gasteiger partial charge in [0, 0.05) is 18.7 Å². The number of nitrogens with one attached hydrogen (secondary N) is 3. The Morgan fingerprint density at radius 2 is 1.82 bits per heavy atom. The minimum atomic E-state index is -0.646. The van der Waals surface area contributed by atoms with E-state index in [1.165, 1.54) is 16.6 Å². The largest absolute Gasteiger partial charge is 0.351 e. The molecule has 0 aliphatic carbocycles. The highest BCUT2D eigenvalue weighted by Crippen LogP contribution is 2.26. The van der Waals surface area contributed by atoms with E-state index in [1.807, 2.05) is 0 Å². The fraction of sp³-hybridized carbons (Fsp3) is 0.222. The van der Waals surface area contributed by atoms with E-state index in [1.54, 1.807) is 13.8 Å². The quantitative estimate of drug-likeness (QED) is 0.625. The summed E-state index contributed by atoms with van der Waals surface area (Å²) < 4.78 is 29.1. The van der Waals surface area contributed by atoms with Gasteiger partial charge in [-0.25, -0.2) is 18.1 Å². The van der Waals surface area contributed by atoms with E-state index < -0.39 is 23.6 Å². The zero-order valence-electron chi connectivity index (χ0n) is 15.2. The molecule has 3 aromatic rings. The summed E-state index contributed by atoms with van der Waals surface area (Å²) in [5, 5.41) is 11.7. The number of carbonyl (C=O) groups excluding carboxylic acids is 2. The molecule has 3 rings (SSSR count). The molecular weight excluding hydrogens is 370 g/mol. The van der Waals surface area contributed by atoms with Crippen LogP contribution in [0.3, 0.4) is 0 Å². The second-order valence-corrected chi connectivity index (χ2v) is 5.80. The SMILES string of the molecule is CCNC(=O)Nc1nc2cc(-c3cc(F)ccc3F)cc(C(=O)NCC)n2n1. The minimum Gasteiger partial charge on any atom is -0.351 e. The second-order valence-electron chi connectivity index (χ2n) is 5.80. The van der Waals surface area contributed by atoms with E-state index in [9.17, 15) is 18.4 Å². The smallest absolute Gasteiger partial charge is 0.321 e. The molecule has 0 bridgehead atoms. The summed E-state index contributed by atoms with van der Waals surface area (Å²) in [6.45, 7) is 4.27. The lowest BCUT2D eigenvalue weighted by molar-refractivity contribution is 0.0948. The second kappa shape index (κ2) is 7.99. The van der Waals surface area contributed by atoms with Gasteiger partial charge in [0.2, 0.25) is 0 Å². The number of rotatable bonds is 5. The van der Waals surface area contributed by atoms with Crippen LogP contribution in [0.2, 0.25) is 0 Å². The Labute approximate surface area is 159 Å². The fourth-order valence-corrected chi connectivity index (χ4v) is 2.63. The van der Waals surface area contributed by atoms with Crippen LogP contribution < -0.4 is 16.0 Å². The molecule has 3 amide bonds. The van der Waals surface area contributed by atoms with Crippen LogP contribution in [-0.4, -0.2) is 39.6 Å². The number of pyridine rings is 1. The van der Waals surface area contributed by atoms with Crippen molar-refractivity contribution in [1.29, 1.82) is 0 Å².